The van der Waals surface area contributed by atoms with Crippen molar-refractivity contribution < 1.29 is 9.72 Å². The monoisotopic (exact) mass is 306 g/mol. The number of rotatable bonds is 6. The van der Waals surface area contributed by atoms with Gasteiger partial charge in [0, 0.05) is 57.0 Å². The van der Waals surface area contributed by atoms with Gasteiger partial charge in [-0.25, -0.2) is 0 Å². The van der Waals surface area contributed by atoms with Crippen LogP contribution in [0.3, 0.4) is 0 Å². The molecule has 2 rings (SSSR count). The third kappa shape index (κ3) is 4.70. The SMILES string of the molecule is CN1CCN(C(=O)CCCNc2ccc([N+](=O)[O-])cc2)CC1. The highest BCUT2D eigenvalue weighted by molar-refractivity contribution is 5.76. The summed E-state index contributed by atoms with van der Waals surface area (Å²) in [5.74, 6) is 0.207. The van der Waals surface area contributed by atoms with Crippen LogP contribution in [0.15, 0.2) is 24.3 Å². The molecule has 1 aliphatic rings. The van der Waals surface area contributed by atoms with Crippen molar-refractivity contribution in [3.8, 4) is 0 Å². The van der Waals surface area contributed by atoms with Crippen LogP contribution in [0.5, 0.6) is 0 Å². The quantitative estimate of drug-likeness (QED) is 0.490. The first-order valence-electron chi connectivity index (χ1n) is 7.51. The summed E-state index contributed by atoms with van der Waals surface area (Å²) in [4.78, 5) is 26.3. The Morgan fingerprint density at radius 3 is 2.45 bits per heavy atom. The first-order valence-corrected chi connectivity index (χ1v) is 7.51. The number of carbonyl (C=O) groups excluding carboxylic acids is 1. The van der Waals surface area contributed by atoms with Crippen LogP contribution in [0.2, 0.25) is 0 Å². The van der Waals surface area contributed by atoms with Gasteiger partial charge in [-0.15, -0.1) is 0 Å². The van der Waals surface area contributed by atoms with Gasteiger partial charge in [0.25, 0.3) is 5.69 Å². The standard InChI is InChI=1S/C15H22N4O3/c1-17-9-11-18(12-10-17)15(20)3-2-8-16-13-4-6-14(7-5-13)19(21)22/h4-7,16H,2-3,8-12H2,1H3. The molecule has 1 fully saturated rings. The lowest BCUT2D eigenvalue weighted by atomic mass is 10.2. The van der Waals surface area contributed by atoms with E-state index in [9.17, 15) is 14.9 Å². The van der Waals surface area contributed by atoms with E-state index in [0.717, 1.165) is 38.3 Å². The Hall–Kier alpha value is -2.15. The molecular weight excluding hydrogens is 284 g/mol. The number of nitrogens with one attached hydrogen (secondary N) is 1. The molecule has 1 aromatic carbocycles. The van der Waals surface area contributed by atoms with Gasteiger partial charge in [0.05, 0.1) is 4.92 Å². The number of carbonyl (C=O) groups is 1. The Morgan fingerprint density at radius 2 is 1.86 bits per heavy atom. The van der Waals surface area contributed by atoms with Gasteiger partial charge in [0.2, 0.25) is 5.91 Å². The van der Waals surface area contributed by atoms with Crippen LogP contribution in [0, 0.1) is 10.1 Å². The molecular formula is C15H22N4O3. The van der Waals surface area contributed by atoms with E-state index in [1.165, 1.54) is 12.1 Å². The van der Waals surface area contributed by atoms with Crippen molar-refractivity contribution in [3.63, 3.8) is 0 Å². The number of amides is 1. The topological polar surface area (TPSA) is 78.7 Å². The molecule has 0 radical (unpaired) electrons. The number of hydrogen-bond acceptors (Lipinski definition) is 5. The summed E-state index contributed by atoms with van der Waals surface area (Å²) in [6.07, 6.45) is 1.28. The highest BCUT2D eigenvalue weighted by Crippen LogP contribution is 2.15. The molecule has 1 aromatic rings. The minimum absolute atomic E-state index is 0.0794. The fourth-order valence-corrected chi connectivity index (χ4v) is 2.39. The summed E-state index contributed by atoms with van der Waals surface area (Å²) in [6, 6.07) is 6.30. The minimum atomic E-state index is -0.418. The lowest BCUT2D eigenvalue weighted by Crippen LogP contribution is -2.47. The molecule has 0 unspecified atom stereocenters. The Kier molecular flexibility index (Phi) is 5.71. The maximum absolute atomic E-state index is 12.0. The van der Waals surface area contributed by atoms with E-state index in [-0.39, 0.29) is 11.6 Å². The summed E-state index contributed by atoms with van der Waals surface area (Å²) >= 11 is 0. The van der Waals surface area contributed by atoms with Crippen LogP contribution in [-0.4, -0.2) is 60.4 Å². The molecule has 1 N–H and O–H groups in total. The van der Waals surface area contributed by atoms with Crippen molar-refractivity contribution >= 4 is 17.3 Å². The number of nitrogens with zero attached hydrogens (tertiary/aromatic N) is 3. The van der Waals surface area contributed by atoms with Crippen LogP contribution in [0.4, 0.5) is 11.4 Å². The maximum Gasteiger partial charge on any atom is 0.269 e. The predicted octanol–water partition coefficient (Wildman–Crippen LogP) is 1.56. The van der Waals surface area contributed by atoms with Gasteiger partial charge in [-0.2, -0.15) is 0 Å². The van der Waals surface area contributed by atoms with E-state index in [2.05, 4.69) is 17.3 Å². The van der Waals surface area contributed by atoms with Crippen LogP contribution in [0.25, 0.3) is 0 Å². The number of piperazine rings is 1. The minimum Gasteiger partial charge on any atom is -0.385 e. The Labute approximate surface area is 130 Å². The number of nitro benzene ring substituents is 1. The van der Waals surface area contributed by atoms with E-state index in [1.54, 1.807) is 12.1 Å². The molecule has 1 aliphatic heterocycles. The maximum atomic E-state index is 12.0. The van der Waals surface area contributed by atoms with E-state index >= 15 is 0 Å². The zero-order valence-corrected chi connectivity index (χ0v) is 12.8. The molecule has 7 heteroatoms. The molecule has 0 saturated carbocycles. The largest absolute Gasteiger partial charge is 0.385 e. The highest BCUT2D eigenvalue weighted by atomic mass is 16.6. The fraction of sp³-hybridized carbons (Fsp3) is 0.533. The third-order valence-electron chi connectivity index (χ3n) is 3.83. The van der Waals surface area contributed by atoms with E-state index in [1.807, 2.05) is 4.90 Å². The second-order valence-corrected chi connectivity index (χ2v) is 5.52. The second-order valence-electron chi connectivity index (χ2n) is 5.52. The van der Waals surface area contributed by atoms with Crippen LogP contribution < -0.4 is 5.32 Å². The van der Waals surface area contributed by atoms with Crippen LogP contribution in [-0.2, 0) is 4.79 Å². The molecule has 0 bridgehead atoms. The van der Waals surface area contributed by atoms with E-state index in [4.69, 9.17) is 0 Å². The van der Waals surface area contributed by atoms with Gasteiger partial charge in [-0.3, -0.25) is 14.9 Å². The number of nitro groups is 1. The normalized spacial score (nSPS) is 15.6. The van der Waals surface area contributed by atoms with Crippen molar-refractivity contribution in [3.05, 3.63) is 34.4 Å². The van der Waals surface area contributed by atoms with Crippen molar-refractivity contribution in [2.75, 3.05) is 45.1 Å². The predicted molar refractivity (Wildman–Crippen MR) is 84.9 cm³/mol. The summed E-state index contributed by atoms with van der Waals surface area (Å²) < 4.78 is 0. The highest BCUT2D eigenvalue weighted by Gasteiger charge is 2.18. The van der Waals surface area contributed by atoms with Gasteiger partial charge < -0.3 is 15.1 Å². The second kappa shape index (κ2) is 7.74. The van der Waals surface area contributed by atoms with Crippen molar-refractivity contribution in [1.29, 1.82) is 0 Å². The van der Waals surface area contributed by atoms with Gasteiger partial charge in [-0.1, -0.05) is 0 Å². The Bertz CT molecular complexity index is 510. The van der Waals surface area contributed by atoms with Crippen molar-refractivity contribution in [2.45, 2.75) is 12.8 Å². The van der Waals surface area contributed by atoms with Gasteiger partial charge in [0.15, 0.2) is 0 Å². The van der Waals surface area contributed by atoms with Crippen LogP contribution >= 0.6 is 0 Å². The summed E-state index contributed by atoms with van der Waals surface area (Å²) in [5.41, 5.74) is 0.911. The molecule has 1 saturated heterocycles. The van der Waals surface area contributed by atoms with Gasteiger partial charge in [-0.05, 0) is 25.6 Å². The third-order valence-corrected chi connectivity index (χ3v) is 3.83. The first kappa shape index (κ1) is 16.2. The molecule has 7 nitrogen and oxygen atoms in total. The summed E-state index contributed by atoms with van der Waals surface area (Å²) in [5, 5.41) is 13.7. The zero-order chi connectivity index (χ0) is 15.9. The Morgan fingerprint density at radius 1 is 1.23 bits per heavy atom. The van der Waals surface area contributed by atoms with Crippen molar-refractivity contribution in [2.24, 2.45) is 0 Å². The fourth-order valence-electron chi connectivity index (χ4n) is 2.39. The molecule has 0 aromatic heterocycles. The molecule has 22 heavy (non-hydrogen) atoms. The number of benzene rings is 1. The zero-order valence-electron chi connectivity index (χ0n) is 12.8. The number of anilines is 1. The summed E-state index contributed by atoms with van der Waals surface area (Å²) in [6.45, 7) is 4.17. The molecule has 0 spiro atoms. The van der Waals surface area contributed by atoms with Crippen molar-refractivity contribution in [1.82, 2.24) is 9.80 Å². The van der Waals surface area contributed by atoms with Gasteiger partial charge in [0.1, 0.15) is 0 Å². The number of non-ortho nitro benzene ring substituents is 1. The summed E-state index contributed by atoms with van der Waals surface area (Å²) in [7, 11) is 2.07. The Balaban J connectivity index is 1.66. The average molecular weight is 306 g/mol. The van der Waals surface area contributed by atoms with Crippen LogP contribution in [0.1, 0.15) is 12.8 Å². The molecule has 1 amide bonds. The lowest BCUT2D eigenvalue weighted by molar-refractivity contribution is -0.384. The molecule has 0 aliphatic carbocycles. The molecule has 0 atom stereocenters. The average Bonchev–Trinajstić information content (AvgIpc) is 2.52. The molecule has 120 valence electrons. The number of likely N-dealkylation sites (N-methyl/N-ethyl adjacent to an activating group) is 1. The first-order chi connectivity index (χ1) is 10.6. The lowest BCUT2D eigenvalue weighted by Gasteiger charge is -2.32. The smallest absolute Gasteiger partial charge is 0.269 e. The van der Waals surface area contributed by atoms with E-state index in [0.29, 0.717) is 13.0 Å². The van der Waals surface area contributed by atoms with Gasteiger partial charge >= 0.3 is 0 Å². The van der Waals surface area contributed by atoms with E-state index < -0.39 is 4.92 Å². The molecule has 1 heterocycles. The number of hydrogen-bond donors (Lipinski definition) is 1.